The van der Waals surface area contributed by atoms with Gasteiger partial charge in [-0.25, -0.2) is 0 Å². The topological polar surface area (TPSA) is 18.5 Å². The van der Waals surface area contributed by atoms with Crippen molar-refractivity contribution in [1.82, 2.24) is 0 Å². The molecule has 204 valence electrons. The van der Waals surface area contributed by atoms with E-state index in [0.29, 0.717) is 11.8 Å². The first-order valence-electron chi connectivity index (χ1n) is 15.5. The minimum Gasteiger partial charge on any atom is -0.543 e. The fourth-order valence-electron chi connectivity index (χ4n) is 6.67. The molecule has 1 heterocycles. The average Bonchev–Trinajstić information content (AvgIpc) is 2.84. The molecule has 2 aliphatic rings. The molecule has 1 aromatic rings. The van der Waals surface area contributed by atoms with Crippen LogP contribution in [0.3, 0.4) is 0 Å². The summed E-state index contributed by atoms with van der Waals surface area (Å²) < 4.78 is 14.4. The molecule has 2 nitrogen and oxygen atoms in total. The van der Waals surface area contributed by atoms with Crippen molar-refractivity contribution in [2.24, 2.45) is 5.92 Å². The first kappa shape index (κ1) is 29.3. The maximum absolute atomic E-state index is 7.55. The van der Waals surface area contributed by atoms with Gasteiger partial charge in [-0.05, 0) is 82.3 Å². The van der Waals surface area contributed by atoms with Gasteiger partial charge in [0.1, 0.15) is 17.1 Å². The minimum absolute atomic E-state index is 0.144. The van der Waals surface area contributed by atoms with Crippen molar-refractivity contribution < 1.29 is 9.16 Å². The summed E-state index contributed by atoms with van der Waals surface area (Å²) >= 11 is 0. The number of hydrogen-bond acceptors (Lipinski definition) is 2. The summed E-state index contributed by atoms with van der Waals surface area (Å²) in [6, 6.07) is 8.76. The van der Waals surface area contributed by atoms with Gasteiger partial charge in [-0.15, -0.1) is 0 Å². The van der Waals surface area contributed by atoms with Crippen LogP contribution in [-0.2, 0) is 6.42 Å². The first-order valence-corrected chi connectivity index (χ1v) is 18.0. The van der Waals surface area contributed by atoms with E-state index in [9.17, 15) is 0 Å². The SMILES string of the molecule is CCCCCc1cc2c(c(O[Si](CCCC)(CCCC)CCCC)c1)C1CC(C)=CCC1C(C)(C)O2. The number of allylic oxidation sites excluding steroid dienone is 2. The summed E-state index contributed by atoms with van der Waals surface area (Å²) in [6.45, 7) is 16.3. The van der Waals surface area contributed by atoms with E-state index in [2.05, 4.69) is 66.7 Å². The highest BCUT2D eigenvalue weighted by Crippen LogP contribution is 2.55. The second-order valence-electron chi connectivity index (χ2n) is 12.5. The molecule has 0 aromatic heterocycles. The summed E-state index contributed by atoms with van der Waals surface area (Å²) in [4.78, 5) is 0. The third-order valence-electron chi connectivity index (χ3n) is 8.90. The molecule has 1 aliphatic carbocycles. The van der Waals surface area contributed by atoms with Crippen LogP contribution in [0.25, 0.3) is 0 Å². The molecule has 0 saturated carbocycles. The number of benzene rings is 1. The van der Waals surface area contributed by atoms with Crippen LogP contribution in [0, 0.1) is 5.92 Å². The lowest BCUT2D eigenvalue weighted by atomic mass is 9.67. The summed E-state index contributed by atoms with van der Waals surface area (Å²) in [7, 11) is -1.90. The Labute approximate surface area is 224 Å². The van der Waals surface area contributed by atoms with E-state index in [4.69, 9.17) is 9.16 Å². The van der Waals surface area contributed by atoms with Crippen molar-refractivity contribution in [1.29, 1.82) is 0 Å². The Bertz CT molecular complexity index is 834. The highest BCUT2D eigenvalue weighted by atomic mass is 28.4. The minimum atomic E-state index is -1.90. The molecule has 3 rings (SSSR count). The zero-order valence-corrected chi connectivity index (χ0v) is 25.8. The number of hydrogen-bond donors (Lipinski definition) is 0. The second kappa shape index (κ2) is 13.5. The van der Waals surface area contributed by atoms with Gasteiger partial charge in [0.15, 0.2) is 0 Å². The van der Waals surface area contributed by atoms with E-state index in [1.165, 1.54) is 98.4 Å². The van der Waals surface area contributed by atoms with Crippen LogP contribution in [0.4, 0.5) is 0 Å². The number of unbranched alkanes of at least 4 members (excludes halogenated alkanes) is 5. The molecule has 1 aromatic carbocycles. The summed E-state index contributed by atoms with van der Waals surface area (Å²) in [5.74, 6) is 3.36. The maximum atomic E-state index is 7.55. The Kier molecular flexibility index (Phi) is 11.0. The van der Waals surface area contributed by atoms with Crippen LogP contribution in [0.2, 0.25) is 18.1 Å². The molecule has 2 atom stereocenters. The third kappa shape index (κ3) is 7.20. The second-order valence-corrected chi connectivity index (χ2v) is 16.5. The molecule has 1 aliphatic heterocycles. The van der Waals surface area contributed by atoms with E-state index in [1.807, 2.05) is 0 Å². The Hall–Kier alpha value is -1.22. The van der Waals surface area contributed by atoms with Crippen molar-refractivity contribution in [2.45, 2.75) is 155 Å². The predicted octanol–water partition coefficient (Wildman–Crippen LogP) is 10.8. The average molecular weight is 513 g/mol. The van der Waals surface area contributed by atoms with Gasteiger partial charge < -0.3 is 9.16 Å². The lowest BCUT2D eigenvalue weighted by Gasteiger charge is -2.48. The van der Waals surface area contributed by atoms with Gasteiger partial charge in [-0.3, -0.25) is 0 Å². The molecule has 3 heteroatoms. The van der Waals surface area contributed by atoms with Crippen molar-refractivity contribution >= 4 is 8.32 Å². The van der Waals surface area contributed by atoms with E-state index >= 15 is 0 Å². The molecule has 0 bridgehead atoms. The summed E-state index contributed by atoms with van der Waals surface area (Å²) in [5, 5.41) is 0. The monoisotopic (exact) mass is 512 g/mol. The van der Waals surface area contributed by atoms with Crippen molar-refractivity contribution in [3.63, 3.8) is 0 Å². The van der Waals surface area contributed by atoms with E-state index in [0.717, 1.165) is 25.0 Å². The first-order chi connectivity index (χ1) is 17.3. The fraction of sp³-hybridized carbons (Fsp3) is 0.758. The van der Waals surface area contributed by atoms with E-state index < -0.39 is 8.32 Å². The highest BCUT2D eigenvalue weighted by molar-refractivity contribution is 6.74. The number of fused-ring (bicyclic) bond motifs is 3. The molecule has 0 N–H and O–H groups in total. The molecule has 0 radical (unpaired) electrons. The zero-order valence-electron chi connectivity index (χ0n) is 24.8. The lowest BCUT2D eigenvalue weighted by Crippen LogP contribution is -2.46. The van der Waals surface area contributed by atoms with Gasteiger partial charge in [0.05, 0.1) is 0 Å². The fourth-order valence-corrected chi connectivity index (χ4v) is 11.4. The van der Waals surface area contributed by atoms with Crippen LogP contribution in [-0.4, -0.2) is 13.9 Å². The van der Waals surface area contributed by atoms with E-state index in [-0.39, 0.29) is 5.60 Å². The maximum Gasteiger partial charge on any atom is 0.251 e. The van der Waals surface area contributed by atoms with Gasteiger partial charge in [-0.1, -0.05) is 90.7 Å². The van der Waals surface area contributed by atoms with Crippen molar-refractivity contribution in [3.05, 3.63) is 34.9 Å². The zero-order chi connectivity index (χ0) is 26.2. The van der Waals surface area contributed by atoms with Crippen LogP contribution in [0.5, 0.6) is 11.5 Å². The van der Waals surface area contributed by atoms with Gasteiger partial charge in [0, 0.05) is 17.4 Å². The third-order valence-corrected chi connectivity index (χ3v) is 13.3. The standard InChI is InChI=1S/C33H56O2Si/c1-8-12-16-17-27-24-30-32(28-23-26(5)18-19-29(28)33(6,7)34-30)31(25-27)35-36(20-13-9-2,21-14-10-3)22-15-11-4/h18,24-25,28-29H,8-17,19-23H2,1-7H3. The van der Waals surface area contributed by atoms with Crippen molar-refractivity contribution in [2.75, 3.05) is 0 Å². The van der Waals surface area contributed by atoms with E-state index in [1.54, 1.807) is 0 Å². The van der Waals surface area contributed by atoms with Gasteiger partial charge >= 0.3 is 0 Å². The molecule has 0 amide bonds. The molecule has 36 heavy (non-hydrogen) atoms. The summed E-state index contributed by atoms with van der Waals surface area (Å²) in [5.41, 5.74) is 4.21. The van der Waals surface area contributed by atoms with Crippen LogP contribution >= 0.6 is 0 Å². The quantitative estimate of drug-likeness (QED) is 0.132. The molecular weight excluding hydrogens is 456 g/mol. The van der Waals surface area contributed by atoms with Crippen molar-refractivity contribution in [3.8, 4) is 11.5 Å². The number of aryl methyl sites for hydroxylation is 1. The largest absolute Gasteiger partial charge is 0.543 e. The Morgan fingerprint density at radius 1 is 0.889 bits per heavy atom. The Morgan fingerprint density at radius 2 is 1.50 bits per heavy atom. The molecular formula is C33H56O2Si. The van der Waals surface area contributed by atoms with Gasteiger partial charge in [0.2, 0.25) is 0 Å². The number of rotatable bonds is 15. The summed E-state index contributed by atoms with van der Waals surface area (Å²) in [6.07, 6.45) is 17.3. The smallest absolute Gasteiger partial charge is 0.251 e. The molecule has 0 spiro atoms. The van der Waals surface area contributed by atoms with Crippen LogP contribution in [0.15, 0.2) is 23.8 Å². The molecule has 0 saturated heterocycles. The van der Waals surface area contributed by atoms with Gasteiger partial charge in [0.25, 0.3) is 8.32 Å². The number of ether oxygens (including phenoxy) is 1. The Balaban J connectivity index is 2.10. The highest BCUT2D eigenvalue weighted by Gasteiger charge is 2.47. The normalized spacial score (nSPS) is 20.8. The predicted molar refractivity (Wildman–Crippen MR) is 159 cm³/mol. The van der Waals surface area contributed by atoms with Gasteiger partial charge in [-0.2, -0.15) is 0 Å². The lowest BCUT2D eigenvalue weighted by molar-refractivity contribution is 0.00780. The van der Waals surface area contributed by atoms with Crippen LogP contribution < -0.4 is 9.16 Å². The van der Waals surface area contributed by atoms with Crippen LogP contribution in [0.1, 0.15) is 136 Å². The Morgan fingerprint density at radius 3 is 2.08 bits per heavy atom. The molecule has 2 unspecified atom stereocenters. The molecule has 0 fully saturated rings.